The molecule has 2 heterocycles. The summed E-state index contributed by atoms with van der Waals surface area (Å²) in [6.07, 6.45) is 0. The van der Waals surface area contributed by atoms with Gasteiger partial charge in [0.05, 0.1) is 25.5 Å². The van der Waals surface area contributed by atoms with Crippen LogP contribution in [0.5, 0.6) is 11.5 Å². The lowest BCUT2D eigenvalue weighted by Crippen LogP contribution is -2.42. The minimum absolute atomic E-state index is 0.0479. The van der Waals surface area contributed by atoms with Gasteiger partial charge in [0.15, 0.2) is 11.7 Å². The van der Waals surface area contributed by atoms with E-state index in [1.165, 1.54) is 11.3 Å². The molecule has 0 atom stereocenters. The number of methoxy groups -OCH3 is 1. The van der Waals surface area contributed by atoms with Gasteiger partial charge in [0.1, 0.15) is 18.1 Å². The predicted molar refractivity (Wildman–Crippen MR) is 132 cm³/mol. The smallest absolute Gasteiger partial charge is 0.260 e. The first-order chi connectivity index (χ1) is 17.1. The summed E-state index contributed by atoms with van der Waals surface area (Å²) in [6.45, 7) is 3.22. The molecule has 1 N–H and O–H groups in total. The van der Waals surface area contributed by atoms with Crippen molar-refractivity contribution in [2.45, 2.75) is 0 Å². The number of nitrogens with zero attached hydrogens (tertiary/aromatic N) is 2. The van der Waals surface area contributed by atoms with E-state index in [2.05, 4.69) is 10.3 Å². The molecule has 0 saturated carbocycles. The van der Waals surface area contributed by atoms with Gasteiger partial charge in [-0.15, -0.1) is 11.3 Å². The van der Waals surface area contributed by atoms with Gasteiger partial charge in [-0.2, -0.15) is 0 Å². The summed E-state index contributed by atoms with van der Waals surface area (Å²) in [6, 6.07) is 14.2. The number of carbonyl (C=O) groups is 2. The molecule has 9 nitrogen and oxygen atoms in total. The summed E-state index contributed by atoms with van der Waals surface area (Å²) < 4.78 is 21.4. The molecule has 10 heteroatoms. The molecular formula is C25H27N3O6S. The standard InChI is InChI=1S/C25H27N3O6S/c1-31-14-15-33-20-6-2-18(3-7-20)22-17-35-25(26-22)27-24(30)19-4-8-21(9-5-19)34-16-23(29)28-10-12-32-13-11-28/h2-9,17H,10-16H2,1H3,(H,26,27,30). The Kier molecular flexibility index (Phi) is 8.66. The third kappa shape index (κ3) is 7.01. The van der Waals surface area contributed by atoms with Gasteiger partial charge in [0.25, 0.3) is 11.8 Å². The lowest BCUT2D eigenvalue weighted by atomic mass is 10.2. The van der Waals surface area contributed by atoms with Gasteiger partial charge < -0.3 is 23.8 Å². The average Bonchev–Trinajstić information content (AvgIpc) is 3.37. The zero-order chi connectivity index (χ0) is 24.5. The fraction of sp³-hybridized carbons (Fsp3) is 0.320. The Balaban J connectivity index is 1.27. The fourth-order valence-electron chi connectivity index (χ4n) is 3.35. The van der Waals surface area contributed by atoms with E-state index in [-0.39, 0.29) is 18.4 Å². The van der Waals surface area contributed by atoms with Crippen LogP contribution >= 0.6 is 11.3 Å². The van der Waals surface area contributed by atoms with E-state index >= 15 is 0 Å². The van der Waals surface area contributed by atoms with Crippen LogP contribution in [0.25, 0.3) is 11.3 Å². The van der Waals surface area contributed by atoms with Crippen LogP contribution in [-0.4, -0.2) is 74.9 Å². The Labute approximate surface area is 207 Å². The molecule has 4 rings (SSSR count). The molecule has 2 aromatic carbocycles. The second kappa shape index (κ2) is 12.3. The molecule has 1 aliphatic rings. The van der Waals surface area contributed by atoms with Crippen molar-refractivity contribution in [2.75, 3.05) is 58.6 Å². The third-order valence-electron chi connectivity index (χ3n) is 5.27. The number of nitrogens with one attached hydrogen (secondary N) is 1. The van der Waals surface area contributed by atoms with Crippen LogP contribution in [0.3, 0.4) is 0 Å². The van der Waals surface area contributed by atoms with E-state index in [4.69, 9.17) is 18.9 Å². The van der Waals surface area contributed by atoms with Crippen LogP contribution in [0.1, 0.15) is 10.4 Å². The van der Waals surface area contributed by atoms with Crippen molar-refractivity contribution in [3.63, 3.8) is 0 Å². The quantitative estimate of drug-likeness (QED) is 0.429. The minimum atomic E-state index is -0.274. The molecule has 0 radical (unpaired) electrons. The highest BCUT2D eigenvalue weighted by Gasteiger charge is 2.17. The van der Waals surface area contributed by atoms with E-state index in [9.17, 15) is 9.59 Å². The first-order valence-electron chi connectivity index (χ1n) is 11.2. The molecule has 0 bridgehead atoms. The van der Waals surface area contributed by atoms with Crippen LogP contribution in [0.4, 0.5) is 5.13 Å². The molecule has 2 amide bonds. The lowest BCUT2D eigenvalue weighted by molar-refractivity contribution is -0.137. The highest BCUT2D eigenvalue weighted by Crippen LogP contribution is 2.27. The Morgan fingerprint density at radius 3 is 2.40 bits per heavy atom. The van der Waals surface area contributed by atoms with Crippen LogP contribution < -0.4 is 14.8 Å². The molecule has 3 aromatic rings. The van der Waals surface area contributed by atoms with E-state index in [0.717, 1.165) is 17.0 Å². The van der Waals surface area contributed by atoms with Crippen LogP contribution in [0.2, 0.25) is 0 Å². The van der Waals surface area contributed by atoms with Crippen LogP contribution in [-0.2, 0) is 14.3 Å². The molecule has 0 spiro atoms. The number of hydrogen-bond donors (Lipinski definition) is 1. The van der Waals surface area contributed by atoms with Gasteiger partial charge in [-0.1, -0.05) is 0 Å². The van der Waals surface area contributed by atoms with E-state index in [1.54, 1.807) is 36.3 Å². The molecule has 0 aliphatic carbocycles. The molecule has 1 aromatic heterocycles. The zero-order valence-corrected chi connectivity index (χ0v) is 20.2. The number of ether oxygens (including phenoxy) is 4. The van der Waals surface area contributed by atoms with Crippen LogP contribution in [0.15, 0.2) is 53.9 Å². The average molecular weight is 498 g/mol. The van der Waals surface area contributed by atoms with Crippen molar-refractivity contribution < 1.29 is 28.5 Å². The van der Waals surface area contributed by atoms with Gasteiger partial charge in [-0.25, -0.2) is 4.98 Å². The summed E-state index contributed by atoms with van der Waals surface area (Å²) >= 11 is 1.35. The van der Waals surface area contributed by atoms with Gasteiger partial charge in [-0.05, 0) is 48.5 Å². The van der Waals surface area contributed by atoms with Gasteiger partial charge >= 0.3 is 0 Å². The van der Waals surface area contributed by atoms with Gasteiger partial charge in [0, 0.05) is 36.7 Å². The highest BCUT2D eigenvalue weighted by atomic mass is 32.1. The van der Waals surface area contributed by atoms with Crippen molar-refractivity contribution in [1.29, 1.82) is 0 Å². The maximum atomic E-state index is 12.6. The molecule has 0 unspecified atom stereocenters. The van der Waals surface area contributed by atoms with E-state index in [1.807, 2.05) is 29.6 Å². The first kappa shape index (κ1) is 24.6. The maximum Gasteiger partial charge on any atom is 0.260 e. The Morgan fingerprint density at radius 1 is 1.00 bits per heavy atom. The minimum Gasteiger partial charge on any atom is -0.491 e. The number of amides is 2. The van der Waals surface area contributed by atoms with Crippen LogP contribution in [0, 0.1) is 0 Å². The number of thiazole rings is 1. The monoisotopic (exact) mass is 497 g/mol. The van der Waals surface area contributed by atoms with Crippen molar-refractivity contribution in [2.24, 2.45) is 0 Å². The van der Waals surface area contributed by atoms with Crippen molar-refractivity contribution in [3.05, 3.63) is 59.5 Å². The number of aromatic nitrogens is 1. The second-order valence-electron chi connectivity index (χ2n) is 7.66. The number of carbonyl (C=O) groups excluding carboxylic acids is 2. The third-order valence-corrected chi connectivity index (χ3v) is 6.03. The SMILES string of the molecule is COCCOc1ccc(-c2csc(NC(=O)c3ccc(OCC(=O)N4CCOCC4)cc3)n2)cc1. The topological polar surface area (TPSA) is 99.2 Å². The number of hydrogen-bond acceptors (Lipinski definition) is 8. The van der Waals surface area contributed by atoms with Crippen molar-refractivity contribution in [3.8, 4) is 22.8 Å². The summed E-state index contributed by atoms with van der Waals surface area (Å²) in [4.78, 5) is 31.1. The number of benzene rings is 2. The highest BCUT2D eigenvalue weighted by molar-refractivity contribution is 7.14. The number of anilines is 1. The van der Waals surface area contributed by atoms with E-state index in [0.29, 0.717) is 56.0 Å². The maximum absolute atomic E-state index is 12.6. The summed E-state index contributed by atoms with van der Waals surface area (Å²) in [7, 11) is 1.63. The Morgan fingerprint density at radius 2 is 1.69 bits per heavy atom. The summed E-state index contributed by atoms with van der Waals surface area (Å²) in [5.41, 5.74) is 2.16. The first-order valence-corrected chi connectivity index (χ1v) is 12.1. The molecule has 184 valence electrons. The number of rotatable bonds is 10. The predicted octanol–water partition coefficient (Wildman–Crippen LogP) is 3.33. The molecular weight excluding hydrogens is 470 g/mol. The second-order valence-corrected chi connectivity index (χ2v) is 8.52. The molecule has 1 saturated heterocycles. The molecule has 1 fully saturated rings. The Bertz CT molecular complexity index is 1110. The fourth-order valence-corrected chi connectivity index (χ4v) is 4.06. The summed E-state index contributed by atoms with van der Waals surface area (Å²) in [5.74, 6) is 0.925. The molecule has 1 aliphatic heterocycles. The normalized spacial score (nSPS) is 13.3. The lowest BCUT2D eigenvalue weighted by Gasteiger charge is -2.26. The van der Waals surface area contributed by atoms with Gasteiger partial charge in [-0.3, -0.25) is 14.9 Å². The molecule has 35 heavy (non-hydrogen) atoms. The van der Waals surface area contributed by atoms with Crippen molar-refractivity contribution >= 4 is 28.3 Å². The zero-order valence-electron chi connectivity index (χ0n) is 19.4. The van der Waals surface area contributed by atoms with Gasteiger partial charge in [0.2, 0.25) is 0 Å². The largest absolute Gasteiger partial charge is 0.491 e. The number of morpholine rings is 1. The van der Waals surface area contributed by atoms with E-state index < -0.39 is 0 Å². The Hall–Kier alpha value is -3.47. The summed E-state index contributed by atoms with van der Waals surface area (Å²) in [5, 5.41) is 5.21. The van der Waals surface area contributed by atoms with Crippen molar-refractivity contribution in [1.82, 2.24) is 9.88 Å².